The molecule has 6 atom stereocenters. The third-order valence-corrected chi connectivity index (χ3v) is 7.83. The molecule has 2 aromatic heterocycles. The van der Waals surface area contributed by atoms with E-state index < -0.39 is 59.8 Å². The van der Waals surface area contributed by atoms with Crippen LogP contribution in [0.2, 0.25) is 0 Å². The van der Waals surface area contributed by atoms with Gasteiger partial charge in [-0.2, -0.15) is 13.6 Å². The van der Waals surface area contributed by atoms with E-state index in [2.05, 4.69) is 28.1 Å². The highest BCUT2D eigenvalue weighted by atomic mass is 31.3. The van der Waals surface area contributed by atoms with Gasteiger partial charge >= 0.3 is 23.5 Å². The van der Waals surface area contributed by atoms with E-state index >= 15 is 0 Å². The molecule has 2 aromatic rings. The fourth-order valence-electron chi connectivity index (χ4n) is 2.76. The first-order chi connectivity index (χ1) is 14.9. The van der Waals surface area contributed by atoms with Gasteiger partial charge in [-0.25, -0.2) is 18.7 Å². The van der Waals surface area contributed by atoms with Crippen LogP contribution in [0.4, 0.5) is 5.95 Å². The van der Waals surface area contributed by atoms with E-state index in [0.29, 0.717) is 0 Å². The lowest BCUT2D eigenvalue weighted by Gasteiger charge is -2.27. The Hall–Kier alpha value is -1.60. The maximum absolute atomic E-state index is 11.9. The Bertz CT molecular complexity index is 1260. The third-order valence-electron chi connectivity index (χ3n) is 4.05. The van der Waals surface area contributed by atoms with E-state index in [1.54, 1.807) is 0 Å². The van der Waals surface area contributed by atoms with Gasteiger partial charge < -0.3 is 40.3 Å². The van der Waals surface area contributed by atoms with Crippen molar-refractivity contribution in [2.75, 3.05) is 12.3 Å². The Morgan fingerprint density at radius 2 is 1.82 bits per heavy atom. The lowest BCUT2D eigenvalue weighted by Crippen LogP contribution is -2.54. The molecule has 0 spiro atoms. The van der Waals surface area contributed by atoms with Crippen LogP contribution >= 0.6 is 23.5 Å². The molecular formula is C10H17N6O14P3. The molecule has 0 saturated carbocycles. The number of phosphoric acid groups is 3. The highest BCUT2D eigenvalue weighted by Gasteiger charge is 2.54. The number of aliphatic hydroxyl groups is 2. The summed E-state index contributed by atoms with van der Waals surface area (Å²) in [6.07, 6.45) is -4.44. The monoisotopic (exact) mass is 538 g/mol. The van der Waals surface area contributed by atoms with Gasteiger partial charge in [0.2, 0.25) is 5.95 Å². The molecule has 33 heavy (non-hydrogen) atoms. The summed E-state index contributed by atoms with van der Waals surface area (Å²) in [7, 11) is -17.0. The molecule has 1 aliphatic heterocycles. The van der Waals surface area contributed by atoms with E-state index in [4.69, 9.17) is 30.9 Å². The Labute approximate surface area is 181 Å². The lowest BCUT2D eigenvalue weighted by atomic mass is 10.1. The zero-order chi connectivity index (χ0) is 25.0. The number of rotatable bonds is 8. The molecule has 11 N–H and O–H groups in total. The van der Waals surface area contributed by atoms with Crippen LogP contribution in [0.15, 0.2) is 11.1 Å². The number of aromatic amines is 1. The number of anilines is 1. The maximum atomic E-state index is 11.9. The molecule has 0 bridgehead atoms. The van der Waals surface area contributed by atoms with Gasteiger partial charge in [-0.1, -0.05) is 0 Å². The molecule has 20 nitrogen and oxygen atoms in total. The van der Waals surface area contributed by atoms with Crippen molar-refractivity contribution in [3.8, 4) is 0 Å². The van der Waals surface area contributed by atoms with Gasteiger partial charge in [0.15, 0.2) is 23.1 Å². The number of H-pyrrole nitrogens is 1. The predicted octanol–water partition coefficient (Wildman–Crippen LogP) is -3.05. The number of nitrogens with two attached hydrogens (primary N) is 2. The molecule has 0 aliphatic carbocycles. The van der Waals surface area contributed by atoms with Crippen molar-refractivity contribution >= 4 is 40.6 Å². The number of imidazole rings is 1. The molecule has 1 saturated heterocycles. The van der Waals surface area contributed by atoms with Crippen LogP contribution in [0, 0.1) is 0 Å². The lowest BCUT2D eigenvalue weighted by molar-refractivity contribution is -0.121. The van der Waals surface area contributed by atoms with Crippen molar-refractivity contribution in [3.05, 3.63) is 16.7 Å². The molecule has 0 radical (unpaired) electrons. The first-order valence-corrected chi connectivity index (χ1v) is 12.8. The molecule has 2 unspecified atom stereocenters. The number of hydrogen-bond donors (Lipinski definition) is 9. The second-order valence-electron chi connectivity index (χ2n) is 6.54. The van der Waals surface area contributed by atoms with Crippen LogP contribution in [0.1, 0.15) is 6.23 Å². The number of nitrogens with one attached hydrogen (secondary N) is 1. The van der Waals surface area contributed by atoms with Gasteiger partial charge in [0.05, 0.1) is 6.33 Å². The number of fused-ring (bicyclic) bond motifs is 1. The van der Waals surface area contributed by atoms with Crippen LogP contribution < -0.4 is 17.0 Å². The summed E-state index contributed by atoms with van der Waals surface area (Å²) in [5.41, 5.74) is 7.68. The van der Waals surface area contributed by atoms with E-state index in [1.807, 2.05) is 0 Å². The summed E-state index contributed by atoms with van der Waals surface area (Å²) in [5.74, 6) is -0.311. The van der Waals surface area contributed by atoms with E-state index in [1.165, 1.54) is 0 Å². The van der Waals surface area contributed by atoms with E-state index in [0.717, 1.165) is 10.9 Å². The summed E-state index contributed by atoms with van der Waals surface area (Å²) in [6, 6.07) is 0. The molecule has 1 fully saturated rings. The van der Waals surface area contributed by atoms with Crippen molar-refractivity contribution in [2.24, 2.45) is 5.73 Å². The minimum Gasteiger partial charge on any atom is -0.386 e. The summed E-state index contributed by atoms with van der Waals surface area (Å²) < 4.78 is 51.6. The SMILES string of the molecule is Nc1nc2c(ncn2[C@@H]2O[C@](N)(COP(=O)(O)OP(=O)(O)OP(=O)(O)O)[C@@H](O)[C@H]2O)c(=O)[nH]1. The number of phosphoric ester groups is 1. The Balaban J connectivity index is 1.79. The topological polar surface area (TPSA) is 325 Å². The zero-order valence-corrected chi connectivity index (χ0v) is 18.5. The van der Waals surface area contributed by atoms with Crippen LogP contribution in [0.5, 0.6) is 0 Å². The van der Waals surface area contributed by atoms with Crippen molar-refractivity contribution in [2.45, 2.75) is 24.2 Å². The number of aliphatic hydroxyl groups excluding tert-OH is 2. The van der Waals surface area contributed by atoms with Gasteiger partial charge in [-0.15, -0.1) is 0 Å². The van der Waals surface area contributed by atoms with Crippen LogP contribution in [-0.4, -0.2) is 73.8 Å². The largest absolute Gasteiger partial charge is 0.490 e. The highest BCUT2D eigenvalue weighted by Crippen LogP contribution is 2.66. The fourth-order valence-corrected chi connectivity index (χ4v) is 5.82. The normalized spacial score (nSPS) is 29.7. The second-order valence-corrected chi connectivity index (χ2v) is 11.0. The first-order valence-electron chi connectivity index (χ1n) is 8.26. The smallest absolute Gasteiger partial charge is 0.386 e. The van der Waals surface area contributed by atoms with Crippen LogP contribution in [0.3, 0.4) is 0 Å². The van der Waals surface area contributed by atoms with Gasteiger partial charge in [-0.05, 0) is 0 Å². The summed E-state index contributed by atoms with van der Waals surface area (Å²) in [6.45, 7) is -1.27. The molecule has 3 rings (SSSR count). The van der Waals surface area contributed by atoms with Crippen molar-refractivity contribution in [3.63, 3.8) is 0 Å². The van der Waals surface area contributed by atoms with Gasteiger partial charge in [0.1, 0.15) is 18.8 Å². The van der Waals surface area contributed by atoms with Crippen molar-refractivity contribution in [1.82, 2.24) is 19.5 Å². The predicted molar refractivity (Wildman–Crippen MR) is 101 cm³/mol. The van der Waals surface area contributed by atoms with Gasteiger partial charge in [0.25, 0.3) is 5.56 Å². The number of ether oxygens (including phenoxy) is 1. The fraction of sp³-hybridized carbons (Fsp3) is 0.500. The summed E-state index contributed by atoms with van der Waals surface area (Å²) in [4.78, 5) is 57.4. The third kappa shape index (κ3) is 5.73. The first kappa shape index (κ1) is 26.0. The molecule has 0 aromatic carbocycles. The van der Waals surface area contributed by atoms with Gasteiger partial charge in [-0.3, -0.25) is 24.6 Å². The zero-order valence-electron chi connectivity index (χ0n) is 15.8. The molecule has 1 aliphatic rings. The molecular weight excluding hydrogens is 521 g/mol. The molecule has 23 heteroatoms. The molecule has 3 heterocycles. The number of aromatic nitrogens is 4. The maximum Gasteiger partial charge on any atom is 0.490 e. The average molecular weight is 538 g/mol. The molecule has 186 valence electrons. The quantitative estimate of drug-likeness (QED) is 0.151. The highest BCUT2D eigenvalue weighted by molar-refractivity contribution is 7.66. The summed E-state index contributed by atoms with van der Waals surface area (Å²) in [5, 5.41) is 20.6. The number of hydrogen-bond acceptors (Lipinski definition) is 14. The second kappa shape index (κ2) is 8.56. The number of nitrogen functional groups attached to an aromatic ring is 1. The average Bonchev–Trinajstić information content (AvgIpc) is 3.12. The van der Waals surface area contributed by atoms with Crippen LogP contribution in [0.25, 0.3) is 11.2 Å². The van der Waals surface area contributed by atoms with Gasteiger partial charge in [0, 0.05) is 0 Å². The van der Waals surface area contributed by atoms with Crippen molar-refractivity contribution in [1.29, 1.82) is 0 Å². The minimum absolute atomic E-state index is 0.176. The van der Waals surface area contributed by atoms with Crippen molar-refractivity contribution < 1.29 is 61.4 Å². The summed E-state index contributed by atoms with van der Waals surface area (Å²) >= 11 is 0. The Morgan fingerprint density at radius 3 is 2.42 bits per heavy atom. The number of nitrogens with zero attached hydrogens (tertiary/aromatic N) is 3. The standard InChI is InChI=1S/C10H17N6O14P3/c11-9-14-6-3(7(19)15-9)13-2-16(6)8-4(17)5(18)10(12,28-8)1-27-32(23,24)30-33(25,26)29-31(20,21)22/h2,4-5,8,17-18H,1,12H2,(H,23,24)(H,25,26)(H2,20,21,22)(H3,11,14,15,19)/t4-,5+,8-,10-/m1/s1. The molecule has 0 amide bonds. The Kier molecular flexibility index (Phi) is 6.75. The van der Waals surface area contributed by atoms with Crippen LogP contribution in [-0.2, 0) is 31.6 Å². The minimum atomic E-state index is -5.79. The Morgan fingerprint density at radius 1 is 1.18 bits per heavy atom. The van der Waals surface area contributed by atoms with E-state index in [-0.39, 0.29) is 17.1 Å². The van der Waals surface area contributed by atoms with E-state index in [9.17, 15) is 33.6 Å².